The second kappa shape index (κ2) is 6.90. The molecule has 0 unspecified atom stereocenters. The molecule has 0 radical (unpaired) electrons. The lowest BCUT2D eigenvalue weighted by molar-refractivity contribution is 0.132. The Morgan fingerprint density at radius 1 is 1.43 bits per heavy atom. The van der Waals surface area contributed by atoms with Crippen LogP contribution in [0.2, 0.25) is 18.1 Å². The molecule has 0 spiro atoms. The van der Waals surface area contributed by atoms with E-state index in [1.165, 1.54) is 9.78 Å². The summed E-state index contributed by atoms with van der Waals surface area (Å²) in [6.07, 6.45) is 2.84. The van der Waals surface area contributed by atoms with Gasteiger partial charge in [-0.3, -0.25) is 0 Å². The number of carboxylic acid groups (broad SMARTS) is 1. The molecule has 0 saturated carbocycles. The van der Waals surface area contributed by atoms with Crippen LogP contribution < -0.4 is 0 Å². The van der Waals surface area contributed by atoms with Crippen LogP contribution in [0, 0.1) is 0 Å². The van der Waals surface area contributed by atoms with Crippen molar-refractivity contribution in [1.82, 2.24) is 9.88 Å². The van der Waals surface area contributed by atoms with Crippen molar-refractivity contribution in [3.63, 3.8) is 0 Å². The smallest absolute Gasteiger partial charge is 0.407 e. The van der Waals surface area contributed by atoms with Crippen molar-refractivity contribution in [3.8, 4) is 0 Å². The van der Waals surface area contributed by atoms with Crippen molar-refractivity contribution in [2.45, 2.75) is 64.3 Å². The van der Waals surface area contributed by atoms with E-state index in [2.05, 4.69) is 38.8 Å². The van der Waals surface area contributed by atoms with Gasteiger partial charge in [0.2, 0.25) is 0 Å². The monoisotopic (exact) mass is 356 g/mol. The molecule has 0 bridgehead atoms. The van der Waals surface area contributed by atoms with Crippen molar-refractivity contribution in [3.05, 3.63) is 16.1 Å². The number of piperidine rings is 1. The number of aromatic nitrogens is 1. The van der Waals surface area contributed by atoms with Crippen molar-refractivity contribution in [1.29, 1.82) is 0 Å². The Balaban J connectivity index is 1.90. The molecule has 5 nitrogen and oxygen atoms in total. The van der Waals surface area contributed by atoms with Gasteiger partial charge < -0.3 is 14.4 Å². The standard InChI is InChI=1S/C16H28N2O3SSi/c1-16(2,3)23(4,5)21-11-13-10-17-14(22-13)12-6-8-18(9-7-12)15(19)20/h10,12H,6-9,11H2,1-5H3,(H,19,20). The summed E-state index contributed by atoms with van der Waals surface area (Å²) in [7, 11) is -1.73. The van der Waals surface area contributed by atoms with E-state index in [1.54, 1.807) is 11.3 Å². The van der Waals surface area contributed by atoms with Gasteiger partial charge in [-0.1, -0.05) is 20.8 Å². The molecule has 0 aromatic carbocycles. The fourth-order valence-electron chi connectivity index (χ4n) is 2.36. The van der Waals surface area contributed by atoms with Gasteiger partial charge in [0.1, 0.15) is 0 Å². The number of nitrogens with zero attached hydrogens (tertiary/aromatic N) is 2. The lowest BCUT2D eigenvalue weighted by Crippen LogP contribution is -2.40. The summed E-state index contributed by atoms with van der Waals surface area (Å²) < 4.78 is 6.25. The zero-order chi connectivity index (χ0) is 17.3. The largest absolute Gasteiger partial charge is 0.465 e. The minimum atomic E-state index is -1.73. The fraction of sp³-hybridized carbons (Fsp3) is 0.750. The third kappa shape index (κ3) is 4.55. The molecule has 1 aliphatic rings. The molecule has 0 aliphatic carbocycles. The molecular formula is C16H28N2O3SSi. The maximum absolute atomic E-state index is 11.0. The molecule has 1 aliphatic heterocycles. The van der Waals surface area contributed by atoms with Gasteiger partial charge in [0.25, 0.3) is 0 Å². The Labute approximate surface area is 143 Å². The Morgan fingerprint density at radius 3 is 2.57 bits per heavy atom. The van der Waals surface area contributed by atoms with Crippen LogP contribution in [0.25, 0.3) is 0 Å². The topological polar surface area (TPSA) is 62.7 Å². The highest BCUT2D eigenvalue weighted by Crippen LogP contribution is 2.38. The van der Waals surface area contributed by atoms with E-state index in [-0.39, 0.29) is 5.04 Å². The van der Waals surface area contributed by atoms with Crippen LogP contribution in [0.4, 0.5) is 4.79 Å². The van der Waals surface area contributed by atoms with Crippen LogP contribution >= 0.6 is 11.3 Å². The number of amides is 1. The predicted molar refractivity (Wildman–Crippen MR) is 95.7 cm³/mol. The van der Waals surface area contributed by atoms with E-state index >= 15 is 0 Å². The quantitative estimate of drug-likeness (QED) is 0.806. The minimum Gasteiger partial charge on any atom is -0.465 e. The van der Waals surface area contributed by atoms with Crippen molar-refractivity contribution >= 4 is 25.7 Å². The summed E-state index contributed by atoms with van der Waals surface area (Å²) in [4.78, 5) is 18.2. The molecule has 1 aromatic rings. The summed E-state index contributed by atoms with van der Waals surface area (Å²) >= 11 is 1.72. The highest BCUT2D eigenvalue weighted by atomic mass is 32.1. The van der Waals surface area contributed by atoms with Gasteiger partial charge >= 0.3 is 6.09 Å². The second-order valence-electron chi connectivity index (χ2n) is 7.76. The molecule has 1 saturated heterocycles. The SMILES string of the molecule is CC(C)(C)[Si](C)(C)OCc1cnc(C2CCN(C(=O)O)CC2)s1. The van der Waals surface area contributed by atoms with Gasteiger partial charge in [-0.2, -0.15) is 0 Å². The molecule has 1 fully saturated rings. The Bertz CT molecular complexity index is 546. The van der Waals surface area contributed by atoms with E-state index in [4.69, 9.17) is 9.53 Å². The first kappa shape index (κ1) is 18.4. The van der Waals surface area contributed by atoms with Crippen LogP contribution in [-0.4, -0.2) is 42.5 Å². The van der Waals surface area contributed by atoms with Crippen LogP contribution in [0.1, 0.15) is 49.4 Å². The van der Waals surface area contributed by atoms with Crippen molar-refractivity contribution < 1.29 is 14.3 Å². The van der Waals surface area contributed by atoms with Gasteiger partial charge in [0.05, 0.1) is 11.6 Å². The minimum absolute atomic E-state index is 0.212. The lowest BCUT2D eigenvalue weighted by atomic mass is 9.98. The van der Waals surface area contributed by atoms with Crippen LogP contribution in [0.5, 0.6) is 0 Å². The molecule has 2 heterocycles. The first-order valence-electron chi connectivity index (χ1n) is 8.16. The number of rotatable bonds is 4. The normalized spacial score (nSPS) is 17.5. The first-order valence-corrected chi connectivity index (χ1v) is 11.9. The molecule has 1 aromatic heterocycles. The molecular weight excluding hydrogens is 328 g/mol. The van der Waals surface area contributed by atoms with E-state index < -0.39 is 14.4 Å². The van der Waals surface area contributed by atoms with Gasteiger partial charge in [0.15, 0.2) is 8.32 Å². The Hall–Kier alpha value is -0.923. The Morgan fingerprint density at radius 2 is 2.04 bits per heavy atom. The lowest BCUT2D eigenvalue weighted by Gasteiger charge is -2.35. The van der Waals surface area contributed by atoms with E-state index in [0.717, 1.165) is 17.8 Å². The van der Waals surface area contributed by atoms with Crippen LogP contribution in [0.3, 0.4) is 0 Å². The predicted octanol–water partition coefficient (Wildman–Crippen LogP) is 4.52. The van der Waals surface area contributed by atoms with Gasteiger partial charge in [-0.05, 0) is 31.0 Å². The third-order valence-corrected chi connectivity index (χ3v) is 10.7. The summed E-state index contributed by atoms with van der Waals surface area (Å²) in [6.45, 7) is 13.1. The average Bonchev–Trinajstić information content (AvgIpc) is 2.93. The molecule has 2 rings (SSSR count). The first-order chi connectivity index (χ1) is 10.6. The molecule has 23 heavy (non-hydrogen) atoms. The Kier molecular flexibility index (Phi) is 5.53. The summed E-state index contributed by atoms with van der Waals surface area (Å²) in [5, 5.41) is 10.4. The molecule has 1 amide bonds. The van der Waals surface area contributed by atoms with Crippen LogP contribution in [-0.2, 0) is 11.0 Å². The molecule has 130 valence electrons. The highest BCUT2D eigenvalue weighted by molar-refractivity contribution is 7.11. The molecule has 7 heteroatoms. The third-order valence-electron chi connectivity index (χ3n) is 5.07. The van der Waals surface area contributed by atoms with Crippen molar-refractivity contribution in [2.75, 3.05) is 13.1 Å². The fourth-order valence-corrected chi connectivity index (χ4v) is 4.42. The van der Waals surface area contributed by atoms with Crippen molar-refractivity contribution in [2.24, 2.45) is 0 Å². The average molecular weight is 357 g/mol. The highest BCUT2D eigenvalue weighted by Gasteiger charge is 2.37. The maximum Gasteiger partial charge on any atom is 0.407 e. The summed E-state index contributed by atoms with van der Waals surface area (Å²) in [6, 6.07) is 0. The zero-order valence-electron chi connectivity index (χ0n) is 14.8. The number of likely N-dealkylation sites (tertiary alicyclic amines) is 1. The number of thiazole rings is 1. The van der Waals surface area contributed by atoms with Gasteiger partial charge in [0, 0.05) is 30.1 Å². The van der Waals surface area contributed by atoms with Crippen LogP contribution in [0.15, 0.2) is 6.20 Å². The number of carbonyl (C=O) groups is 1. The number of hydrogen-bond acceptors (Lipinski definition) is 4. The van der Waals surface area contributed by atoms with E-state index in [0.29, 0.717) is 25.6 Å². The van der Waals surface area contributed by atoms with Gasteiger partial charge in [-0.15, -0.1) is 11.3 Å². The summed E-state index contributed by atoms with van der Waals surface area (Å²) in [5.74, 6) is 0.386. The maximum atomic E-state index is 11.0. The number of hydrogen-bond donors (Lipinski definition) is 1. The molecule has 0 atom stereocenters. The van der Waals surface area contributed by atoms with Gasteiger partial charge in [-0.25, -0.2) is 9.78 Å². The molecule has 1 N–H and O–H groups in total. The summed E-state index contributed by atoms with van der Waals surface area (Å²) in [5.41, 5.74) is 0. The second-order valence-corrected chi connectivity index (χ2v) is 13.7. The van der Waals surface area contributed by atoms with E-state index in [9.17, 15) is 4.79 Å². The van der Waals surface area contributed by atoms with E-state index in [1.807, 2.05) is 6.20 Å². The zero-order valence-corrected chi connectivity index (χ0v) is 16.6.